The summed E-state index contributed by atoms with van der Waals surface area (Å²) in [6, 6.07) is 5.49. The van der Waals surface area contributed by atoms with Crippen molar-refractivity contribution in [3.8, 4) is 11.4 Å². The van der Waals surface area contributed by atoms with E-state index in [1.165, 1.54) is 0 Å². The van der Waals surface area contributed by atoms with Crippen LogP contribution in [0.5, 0.6) is 0 Å². The lowest BCUT2D eigenvalue weighted by Gasteiger charge is -2.22. The van der Waals surface area contributed by atoms with Gasteiger partial charge in [-0.1, -0.05) is 11.6 Å². The maximum atomic E-state index is 6.02. The van der Waals surface area contributed by atoms with Gasteiger partial charge in [0, 0.05) is 22.9 Å². The first-order valence-electron chi connectivity index (χ1n) is 6.16. The minimum Gasteiger partial charge on any atom is -0.399 e. The number of benzene rings is 1. The number of nitrogens with zero attached hydrogens (tertiary/aromatic N) is 4. The Kier molecular flexibility index (Phi) is 3.35. The summed E-state index contributed by atoms with van der Waals surface area (Å²) in [5.74, 6) is 0.671. The van der Waals surface area contributed by atoms with Crippen LogP contribution >= 0.6 is 11.6 Å². The number of halogens is 1. The highest BCUT2D eigenvalue weighted by Gasteiger charge is 2.21. The summed E-state index contributed by atoms with van der Waals surface area (Å²) in [6.07, 6.45) is 2.02. The number of nitrogens with two attached hydrogens (primary N) is 1. The van der Waals surface area contributed by atoms with Crippen LogP contribution in [0.25, 0.3) is 11.4 Å². The molecule has 1 fully saturated rings. The van der Waals surface area contributed by atoms with Crippen LogP contribution in [0, 0.1) is 0 Å². The van der Waals surface area contributed by atoms with Crippen molar-refractivity contribution < 1.29 is 4.74 Å². The summed E-state index contributed by atoms with van der Waals surface area (Å²) < 4.78 is 7.27. The first kappa shape index (κ1) is 12.4. The summed E-state index contributed by atoms with van der Waals surface area (Å²) in [7, 11) is 0. The van der Waals surface area contributed by atoms with E-state index in [1.807, 2.05) is 12.1 Å². The van der Waals surface area contributed by atoms with Crippen molar-refractivity contribution in [1.29, 1.82) is 0 Å². The first-order valence-corrected chi connectivity index (χ1v) is 6.54. The normalized spacial score (nSPS) is 19.5. The topological polar surface area (TPSA) is 78.9 Å². The molecule has 1 unspecified atom stereocenters. The minimum absolute atomic E-state index is 0.166. The van der Waals surface area contributed by atoms with Gasteiger partial charge < -0.3 is 10.5 Å². The van der Waals surface area contributed by atoms with Gasteiger partial charge in [0.25, 0.3) is 0 Å². The van der Waals surface area contributed by atoms with Gasteiger partial charge in [0.1, 0.15) is 0 Å². The monoisotopic (exact) mass is 279 g/mol. The molecule has 0 radical (unpaired) electrons. The van der Waals surface area contributed by atoms with Crippen molar-refractivity contribution >= 4 is 17.3 Å². The smallest absolute Gasteiger partial charge is 0.182 e. The molecule has 0 bridgehead atoms. The molecule has 1 aliphatic rings. The molecule has 100 valence electrons. The Bertz CT molecular complexity index is 559. The lowest BCUT2D eigenvalue weighted by Crippen LogP contribution is -2.23. The van der Waals surface area contributed by atoms with Crippen LogP contribution in [-0.4, -0.2) is 33.4 Å². The number of nitrogen functional groups attached to an aromatic ring is 1. The predicted molar refractivity (Wildman–Crippen MR) is 71.8 cm³/mol. The minimum atomic E-state index is 0.166. The number of ether oxygens (including phenoxy) is 1. The highest BCUT2D eigenvalue weighted by Crippen LogP contribution is 2.27. The summed E-state index contributed by atoms with van der Waals surface area (Å²) in [5.41, 5.74) is 7.22. The molecule has 3 rings (SSSR count). The number of hydrogen-bond donors (Lipinski definition) is 1. The molecule has 1 aromatic carbocycles. The Morgan fingerprint density at radius 3 is 3.00 bits per heavy atom. The van der Waals surface area contributed by atoms with E-state index < -0.39 is 0 Å². The van der Waals surface area contributed by atoms with Gasteiger partial charge in [-0.2, -0.15) is 0 Å². The molecule has 2 N–H and O–H groups in total. The summed E-state index contributed by atoms with van der Waals surface area (Å²) in [4.78, 5) is 0. The van der Waals surface area contributed by atoms with E-state index in [1.54, 1.807) is 10.7 Å². The Labute approximate surface area is 115 Å². The molecule has 1 aliphatic heterocycles. The highest BCUT2D eigenvalue weighted by atomic mass is 35.5. The molecule has 2 heterocycles. The van der Waals surface area contributed by atoms with E-state index in [9.17, 15) is 0 Å². The fourth-order valence-electron chi connectivity index (χ4n) is 2.29. The van der Waals surface area contributed by atoms with Gasteiger partial charge >= 0.3 is 0 Å². The standard InChI is InChI=1S/C12H14ClN5O/c13-9-4-8(5-10(14)6-9)12-15-16-17-18(12)11-2-1-3-19-7-11/h4-6,11H,1-3,7,14H2. The number of hydrogen-bond acceptors (Lipinski definition) is 5. The van der Waals surface area contributed by atoms with Crippen LogP contribution < -0.4 is 5.73 Å². The zero-order valence-corrected chi connectivity index (χ0v) is 11.0. The van der Waals surface area contributed by atoms with Crippen LogP contribution in [0.4, 0.5) is 5.69 Å². The van der Waals surface area contributed by atoms with E-state index in [2.05, 4.69) is 15.5 Å². The molecule has 1 atom stereocenters. The maximum Gasteiger partial charge on any atom is 0.182 e. The molecule has 0 saturated carbocycles. The van der Waals surface area contributed by atoms with Gasteiger partial charge in [-0.25, -0.2) is 4.68 Å². The van der Waals surface area contributed by atoms with E-state index in [0.29, 0.717) is 23.1 Å². The van der Waals surface area contributed by atoms with Gasteiger partial charge in [-0.3, -0.25) is 0 Å². The molecule has 0 spiro atoms. The third-order valence-electron chi connectivity index (χ3n) is 3.15. The van der Waals surface area contributed by atoms with Crippen LogP contribution in [0.1, 0.15) is 18.9 Å². The number of aromatic nitrogens is 4. The zero-order chi connectivity index (χ0) is 13.2. The molecule has 2 aromatic rings. The fourth-order valence-corrected chi connectivity index (χ4v) is 2.53. The largest absolute Gasteiger partial charge is 0.399 e. The van der Waals surface area contributed by atoms with Gasteiger partial charge in [0.15, 0.2) is 5.82 Å². The lowest BCUT2D eigenvalue weighted by molar-refractivity contribution is 0.0548. The van der Waals surface area contributed by atoms with Crippen molar-refractivity contribution in [1.82, 2.24) is 20.2 Å². The third-order valence-corrected chi connectivity index (χ3v) is 3.37. The van der Waals surface area contributed by atoms with E-state index in [4.69, 9.17) is 22.1 Å². The molecule has 19 heavy (non-hydrogen) atoms. The fraction of sp³-hybridized carbons (Fsp3) is 0.417. The summed E-state index contributed by atoms with van der Waals surface area (Å²) in [6.45, 7) is 1.44. The number of rotatable bonds is 2. The second-order valence-corrected chi connectivity index (χ2v) is 5.03. The number of tetrazole rings is 1. The maximum absolute atomic E-state index is 6.02. The Morgan fingerprint density at radius 2 is 2.26 bits per heavy atom. The zero-order valence-electron chi connectivity index (χ0n) is 10.3. The van der Waals surface area contributed by atoms with Crippen molar-refractivity contribution in [3.63, 3.8) is 0 Å². The summed E-state index contributed by atoms with van der Waals surface area (Å²) >= 11 is 6.02. The quantitative estimate of drug-likeness (QED) is 0.850. The average molecular weight is 280 g/mol. The van der Waals surface area contributed by atoms with Gasteiger partial charge in [-0.05, 0) is 41.5 Å². The van der Waals surface area contributed by atoms with Crippen LogP contribution in [-0.2, 0) is 4.74 Å². The summed E-state index contributed by atoms with van der Waals surface area (Å²) in [5, 5.41) is 12.5. The Balaban J connectivity index is 1.98. The van der Waals surface area contributed by atoms with Crippen molar-refractivity contribution in [2.45, 2.75) is 18.9 Å². The second kappa shape index (κ2) is 5.14. The molecule has 0 amide bonds. The average Bonchev–Trinajstić information content (AvgIpc) is 2.88. The van der Waals surface area contributed by atoms with Gasteiger partial charge in [0.2, 0.25) is 0 Å². The second-order valence-electron chi connectivity index (χ2n) is 4.59. The molecule has 1 saturated heterocycles. The van der Waals surface area contributed by atoms with Crippen LogP contribution in [0.15, 0.2) is 18.2 Å². The molecule has 0 aliphatic carbocycles. The third kappa shape index (κ3) is 2.54. The van der Waals surface area contributed by atoms with Crippen molar-refractivity contribution in [2.24, 2.45) is 0 Å². The molecule has 7 heteroatoms. The molecule has 6 nitrogen and oxygen atoms in total. The molecule has 1 aromatic heterocycles. The van der Waals surface area contributed by atoms with Crippen LogP contribution in [0.3, 0.4) is 0 Å². The predicted octanol–water partition coefficient (Wildman–Crippen LogP) is 1.93. The van der Waals surface area contributed by atoms with Crippen molar-refractivity contribution in [2.75, 3.05) is 18.9 Å². The van der Waals surface area contributed by atoms with E-state index >= 15 is 0 Å². The highest BCUT2D eigenvalue weighted by molar-refractivity contribution is 6.31. The lowest BCUT2D eigenvalue weighted by atomic mass is 10.1. The van der Waals surface area contributed by atoms with Gasteiger partial charge in [-0.15, -0.1) is 5.10 Å². The first-order chi connectivity index (χ1) is 9.24. The van der Waals surface area contributed by atoms with Crippen molar-refractivity contribution in [3.05, 3.63) is 23.2 Å². The van der Waals surface area contributed by atoms with E-state index in [0.717, 1.165) is 25.0 Å². The SMILES string of the molecule is Nc1cc(Cl)cc(-c2nnnn2C2CCCOC2)c1. The van der Waals surface area contributed by atoms with Gasteiger partial charge in [0.05, 0.1) is 12.6 Å². The Hall–Kier alpha value is -1.66. The molecular weight excluding hydrogens is 266 g/mol. The number of anilines is 1. The van der Waals surface area contributed by atoms with Crippen LogP contribution in [0.2, 0.25) is 5.02 Å². The molecular formula is C12H14ClN5O. The Morgan fingerprint density at radius 1 is 1.37 bits per heavy atom. The van der Waals surface area contributed by atoms with E-state index in [-0.39, 0.29) is 6.04 Å².